The van der Waals surface area contributed by atoms with Crippen molar-refractivity contribution in [2.45, 2.75) is 44.4 Å². The maximum absolute atomic E-state index is 6.41. The molecule has 1 saturated carbocycles. The summed E-state index contributed by atoms with van der Waals surface area (Å²) in [4.78, 5) is 14.2. The molecule has 0 unspecified atom stereocenters. The van der Waals surface area contributed by atoms with Crippen molar-refractivity contribution >= 4 is 16.9 Å². The Labute approximate surface area is 218 Å². The Hall–Kier alpha value is -3.42. The second-order valence-corrected chi connectivity index (χ2v) is 10.5. The molecule has 0 spiro atoms. The average Bonchev–Trinajstić information content (AvgIpc) is 3.34. The number of hydrogen-bond donors (Lipinski definition) is 1. The molecule has 1 saturated heterocycles. The SMILES string of the molecule is CN1CCN([C@H]2CC[C@@H](n3cc(-c4ccc(OCc5ccccc5)cc4)c4c(N)ncnc43)CC2)CC1. The molecule has 1 aliphatic carbocycles. The van der Waals surface area contributed by atoms with Crippen LogP contribution >= 0.6 is 0 Å². The summed E-state index contributed by atoms with van der Waals surface area (Å²) in [5.74, 6) is 1.39. The number of nitrogen functional groups attached to an aromatic ring is 1. The third-order valence-electron chi connectivity index (χ3n) is 8.17. The second-order valence-electron chi connectivity index (χ2n) is 10.5. The number of piperazine rings is 1. The molecule has 2 aromatic carbocycles. The molecule has 3 heterocycles. The number of ether oxygens (including phenoxy) is 1. The Bertz CT molecular complexity index is 1320. The number of likely N-dealkylation sites (N-methyl/N-ethyl adjacent to an activating group) is 1. The summed E-state index contributed by atoms with van der Waals surface area (Å²) >= 11 is 0. The molecule has 2 aromatic heterocycles. The van der Waals surface area contributed by atoms with Gasteiger partial charge in [0.05, 0.1) is 5.39 Å². The van der Waals surface area contributed by atoms with Gasteiger partial charge in [-0.2, -0.15) is 0 Å². The number of nitrogens with zero attached hydrogens (tertiary/aromatic N) is 5. The van der Waals surface area contributed by atoms with Crippen LogP contribution < -0.4 is 10.5 Å². The molecule has 6 rings (SSSR count). The van der Waals surface area contributed by atoms with E-state index in [1.807, 2.05) is 30.3 Å². The van der Waals surface area contributed by atoms with Crippen LogP contribution in [0.1, 0.15) is 37.3 Å². The molecule has 0 radical (unpaired) electrons. The predicted molar refractivity (Wildman–Crippen MR) is 149 cm³/mol. The molecule has 7 nitrogen and oxygen atoms in total. The van der Waals surface area contributed by atoms with Crippen molar-refractivity contribution in [3.63, 3.8) is 0 Å². The molecule has 37 heavy (non-hydrogen) atoms. The Morgan fingerprint density at radius 3 is 2.30 bits per heavy atom. The fourth-order valence-corrected chi connectivity index (χ4v) is 5.97. The lowest BCUT2D eigenvalue weighted by molar-refractivity contribution is 0.0828. The maximum Gasteiger partial charge on any atom is 0.146 e. The van der Waals surface area contributed by atoms with Crippen molar-refractivity contribution < 1.29 is 4.74 Å². The summed E-state index contributed by atoms with van der Waals surface area (Å²) in [6.45, 7) is 5.29. The van der Waals surface area contributed by atoms with Crippen molar-refractivity contribution in [2.24, 2.45) is 0 Å². The van der Waals surface area contributed by atoms with Crippen LogP contribution in [0, 0.1) is 0 Å². The average molecular weight is 497 g/mol. The first kappa shape index (κ1) is 23.9. The fourth-order valence-electron chi connectivity index (χ4n) is 5.97. The standard InChI is InChI=1S/C30H36N6O/c1-34-15-17-35(18-16-34)24-9-11-25(12-10-24)36-19-27(28-29(31)32-21-33-30(28)36)23-7-13-26(14-8-23)37-20-22-5-3-2-4-6-22/h2-8,13-14,19,21,24-25H,9-12,15-18,20H2,1H3,(H2,31,32,33)/t24-,25+. The summed E-state index contributed by atoms with van der Waals surface area (Å²) < 4.78 is 8.36. The first-order valence-electron chi connectivity index (χ1n) is 13.5. The van der Waals surface area contributed by atoms with Crippen LogP contribution in [0.2, 0.25) is 0 Å². The summed E-state index contributed by atoms with van der Waals surface area (Å²) in [6, 6.07) is 19.6. The molecular formula is C30H36N6O. The topological polar surface area (TPSA) is 72.4 Å². The number of anilines is 1. The van der Waals surface area contributed by atoms with E-state index in [0.717, 1.165) is 46.3 Å². The quantitative estimate of drug-likeness (QED) is 0.405. The Balaban J connectivity index is 1.20. The van der Waals surface area contributed by atoms with Gasteiger partial charge in [0.15, 0.2) is 0 Å². The van der Waals surface area contributed by atoms with Crippen LogP contribution in [-0.2, 0) is 6.61 Å². The van der Waals surface area contributed by atoms with E-state index in [0.29, 0.717) is 24.5 Å². The number of nitrogens with two attached hydrogens (primary N) is 1. The summed E-state index contributed by atoms with van der Waals surface area (Å²) in [5, 5.41) is 0.946. The number of hydrogen-bond acceptors (Lipinski definition) is 6. The lowest BCUT2D eigenvalue weighted by atomic mass is 9.89. The van der Waals surface area contributed by atoms with Crippen LogP contribution in [0.15, 0.2) is 67.1 Å². The smallest absolute Gasteiger partial charge is 0.146 e. The van der Waals surface area contributed by atoms with Gasteiger partial charge in [-0.15, -0.1) is 0 Å². The fraction of sp³-hybridized carbons (Fsp3) is 0.400. The normalized spacial score (nSPS) is 21.3. The van der Waals surface area contributed by atoms with Gasteiger partial charge < -0.3 is 19.9 Å². The van der Waals surface area contributed by atoms with E-state index < -0.39 is 0 Å². The van der Waals surface area contributed by atoms with E-state index in [2.05, 4.69) is 56.9 Å². The summed E-state index contributed by atoms with van der Waals surface area (Å²) in [5.41, 5.74) is 10.7. The van der Waals surface area contributed by atoms with Crippen molar-refractivity contribution in [2.75, 3.05) is 39.0 Å². The maximum atomic E-state index is 6.41. The van der Waals surface area contributed by atoms with E-state index in [9.17, 15) is 0 Å². The number of rotatable bonds is 6. The summed E-state index contributed by atoms with van der Waals surface area (Å²) in [7, 11) is 2.22. The van der Waals surface area contributed by atoms with E-state index in [4.69, 9.17) is 15.5 Å². The minimum atomic E-state index is 0.433. The number of aromatic nitrogens is 3. The lowest BCUT2D eigenvalue weighted by Crippen LogP contribution is -2.49. The number of fused-ring (bicyclic) bond motifs is 1. The third-order valence-corrected chi connectivity index (χ3v) is 8.17. The summed E-state index contributed by atoms with van der Waals surface area (Å²) in [6.07, 6.45) is 8.63. The van der Waals surface area contributed by atoms with Gasteiger partial charge in [0.25, 0.3) is 0 Å². The molecule has 7 heteroatoms. The monoisotopic (exact) mass is 496 g/mol. The molecule has 4 aromatic rings. The third kappa shape index (κ3) is 5.06. The van der Waals surface area contributed by atoms with Crippen LogP contribution in [0.4, 0.5) is 5.82 Å². The van der Waals surface area contributed by atoms with Gasteiger partial charge in [-0.05, 0) is 56.0 Å². The van der Waals surface area contributed by atoms with E-state index >= 15 is 0 Å². The Kier molecular flexibility index (Phi) is 6.81. The van der Waals surface area contributed by atoms with Crippen LogP contribution in [-0.4, -0.2) is 63.6 Å². The molecule has 0 bridgehead atoms. The van der Waals surface area contributed by atoms with E-state index in [1.165, 1.54) is 39.0 Å². The van der Waals surface area contributed by atoms with Gasteiger partial charge in [0, 0.05) is 50.0 Å². The second kappa shape index (κ2) is 10.5. The predicted octanol–water partition coefficient (Wildman–Crippen LogP) is 4.99. The van der Waals surface area contributed by atoms with Gasteiger partial charge in [-0.3, -0.25) is 4.90 Å². The van der Waals surface area contributed by atoms with Crippen molar-refractivity contribution in [1.29, 1.82) is 0 Å². The van der Waals surface area contributed by atoms with Crippen molar-refractivity contribution in [1.82, 2.24) is 24.3 Å². The first-order chi connectivity index (χ1) is 18.2. The highest BCUT2D eigenvalue weighted by Crippen LogP contribution is 2.39. The van der Waals surface area contributed by atoms with E-state index in [-0.39, 0.29) is 0 Å². The van der Waals surface area contributed by atoms with Crippen LogP contribution in [0.5, 0.6) is 5.75 Å². The lowest BCUT2D eigenvalue weighted by Gasteiger charge is -2.41. The van der Waals surface area contributed by atoms with Crippen LogP contribution in [0.3, 0.4) is 0 Å². The van der Waals surface area contributed by atoms with Gasteiger partial charge in [-0.1, -0.05) is 42.5 Å². The van der Waals surface area contributed by atoms with E-state index in [1.54, 1.807) is 6.33 Å². The highest BCUT2D eigenvalue weighted by atomic mass is 16.5. The minimum absolute atomic E-state index is 0.433. The molecule has 2 aliphatic rings. The molecule has 2 fully saturated rings. The number of benzene rings is 2. The zero-order valence-electron chi connectivity index (χ0n) is 21.6. The van der Waals surface area contributed by atoms with Crippen LogP contribution in [0.25, 0.3) is 22.2 Å². The van der Waals surface area contributed by atoms with Gasteiger partial charge in [0.1, 0.15) is 30.1 Å². The molecule has 0 atom stereocenters. The minimum Gasteiger partial charge on any atom is -0.489 e. The zero-order valence-corrected chi connectivity index (χ0v) is 21.6. The molecular weight excluding hydrogens is 460 g/mol. The Morgan fingerprint density at radius 1 is 0.865 bits per heavy atom. The van der Waals surface area contributed by atoms with Gasteiger partial charge >= 0.3 is 0 Å². The molecule has 0 amide bonds. The largest absolute Gasteiger partial charge is 0.489 e. The highest BCUT2D eigenvalue weighted by Gasteiger charge is 2.29. The molecule has 192 valence electrons. The molecule has 1 aliphatic heterocycles. The van der Waals surface area contributed by atoms with Gasteiger partial charge in [0.2, 0.25) is 0 Å². The van der Waals surface area contributed by atoms with Crippen molar-refractivity contribution in [3.05, 3.63) is 72.7 Å². The first-order valence-corrected chi connectivity index (χ1v) is 13.5. The zero-order chi connectivity index (χ0) is 25.2. The van der Waals surface area contributed by atoms with Gasteiger partial charge in [-0.25, -0.2) is 9.97 Å². The molecule has 2 N–H and O–H groups in total. The Morgan fingerprint density at radius 2 is 1.57 bits per heavy atom. The highest BCUT2D eigenvalue weighted by molar-refractivity contribution is 6.00. The van der Waals surface area contributed by atoms with Crippen molar-refractivity contribution in [3.8, 4) is 16.9 Å².